The van der Waals surface area contributed by atoms with Gasteiger partial charge in [0.1, 0.15) is 12.4 Å². The van der Waals surface area contributed by atoms with Crippen molar-refractivity contribution in [2.45, 2.75) is 19.6 Å². The number of hydrogen-bond donors (Lipinski definition) is 1. The number of nitrogens with one attached hydrogen (secondary N) is 1. The molecule has 18 heavy (non-hydrogen) atoms. The average Bonchev–Trinajstić information content (AvgIpc) is 2.75. The Balaban J connectivity index is 2.00. The summed E-state index contributed by atoms with van der Waals surface area (Å²) >= 11 is 0. The number of para-hydroxylation sites is 2. The molecule has 0 saturated carbocycles. The molecule has 2 aromatic rings. The number of fused-ring (bicyclic) bond motifs is 3. The molecule has 1 N–H and O–H groups in total. The maximum absolute atomic E-state index is 11.0. The summed E-state index contributed by atoms with van der Waals surface area (Å²) < 4.78 is 7.71. The second kappa shape index (κ2) is 4.42. The van der Waals surface area contributed by atoms with Crippen molar-refractivity contribution >= 4 is 16.9 Å². The van der Waals surface area contributed by atoms with Crippen molar-refractivity contribution in [3.8, 4) is 0 Å². The van der Waals surface area contributed by atoms with Gasteiger partial charge >= 0.3 is 0 Å². The third kappa shape index (κ3) is 1.86. The number of nitrogens with zero attached hydrogens (tertiary/aromatic N) is 2. The van der Waals surface area contributed by atoms with Crippen LogP contribution in [0.2, 0.25) is 0 Å². The zero-order valence-electron chi connectivity index (χ0n) is 10.2. The lowest BCUT2D eigenvalue weighted by molar-refractivity contribution is -0.119. The molecule has 1 amide bonds. The van der Waals surface area contributed by atoms with Crippen molar-refractivity contribution in [2.75, 3.05) is 13.2 Å². The van der Waals surface area contributed by atoms with E-state index in [0.29, 0.717) is 19.8 Å². The van der Waals surface area contributed by atoms with E-state index in [-0.39, 0.29) is 11.9 Å². The number of aromatic nitrogens is 2. The minimum Gasteiger partial charge on any atom is -0.371 e. The third-order valence-corrected chi connectivity index (χ3v) is 3.16. The van der Waals surface area contributed by atoms with Crippen LogP contribution in [0.25, 0.3) is 11.0 Å². The second-order valence-corrected chi connectivity index (χ2v) is 4.49. The van der Waals surface area contributed by atoms with Crippen LogP contribution in [-0.4, -0.2) is 28.6 Å². The van der Waals surface area contributed by atoms with Crippen LogP contribution in [0, 0.1) is 0 Å². The van der Waals surface area contributed by atoms with Gasteiger partial charge in [-0.25, -0.2) is 4.98 Å². The molecule has 94 valence electrons. The summed E-state index contributed by atoms with van der Waals surface area (Å²) in [6, 6.07) is 8.14. The monoisotopic (exact) mass is 245 g/mol. The fourth-order valence-electron chi connectivity index (χ4n) is 2.38. The molecular weight excluding hydrogens is 230 g/mol. The number of carbonyl (C=O) groups is 1. The van der Waals surface area contributed by atoms with E-state index >= 15 is 0 Å². The van der Waals surface area contributed by atoms with Crippen LogP contribution in [0.15, 0.2) is 24.3 Å². The number of benzene rings is 1. The summed E-state index contributed by atoms with van der Waals surface area (Å²) in [6.45, 7) is 3.23. The first-order valence-corrected chi connectivity index (χ1v) is 6.04. The van der Waals surface area contributed by atoms with Crippen LogP contribution >= 0.6 is 0 Å². The van der Waals surface area contributed by atoms with Crippen LogP contribution in [0.1, 0.15) is 18.8 Å². The van der Waals surface area contributed by atoms with Gasteiger partial charge in [0.25, 0.3) is 0 Å². The molecule has 0 unspecified atom stereocenters. The maximum atomic E-state index is 11.0. The smallest absolute Gasteiger partial charge is 0.216 e. The summed E-state index contributed by atoms with van der Waals surface area (Å²) in [6.07, 6.45) is 0. The molecule has 3 rings (SSSR count). The first-order valence-electron chi connectivity index (χ1n) is 6.04. The molecule has 0 aliphatic carbocycles. The van der Waals surface area contributed by atoms with Crippen molar-refractivity contribution in [1.82, 2.24) is 14.9 Å². The highest BCUT2D eigenvalue weighted by atomic mass is 16.5. The van der Waals surface area contributed by atoms with E-state index in [0.717, 1.165) is 16.9 Å². The zero-order chi connectivity index (χ0) is 12.5. The fourth-order valence-corrected chi connectivity index (χ4v) is 2.38. The van der Waals surface area contributed by atoms with Gasteiger partial charge in [0.2, 0.25) is 5.91 Å². The minimum absolute atomic E-state index is 0.0217. The van der Waals surface area contributed by atoms with Crippen molar-refractivity contribution in [2.24, 2.45) is 0 Å². The molecule has 0 fully saturated rings. The zero-order valence-corrected chi connectivity index (χ0v) is 10.2. The van der Waals surface area contributed by atoms with Gasteiger partial charge in [-0.1, -0.05) is 12.1 Å². The number of imidazole rings is 1. The van der Waals surface area contributed by atoms with Crippen LogP contribution in [0.3, 0.4) is 0 Å². The van der Waals surface area contributed by atoms with Gasteiger partial charge < -0.3 is 14.6 Å². The van der Waals surface area contributed by atoms with Crippen LogP contribution in [0.5, 0.6) is 0 Å². The minimum atomic E-state index is -0.0217. The first kappa shape index (κ1) is 11.2. The van der Waals surface area contributed by atoms with Gasteiger partial charge in [-0.3, -0.25) is 4.79 Å². The van der Waals surface area contributed by atoms with Crippen LogP contribution in [0.4, 0.5) is 0 Å². The van der Waals surface area contributed by atoms with E-state index in [9.17, 15) is 4.79 Å². The van der Waals surface area contributed by atoms with E-state index in [1.54, 1.807) is 0 Å². The molecule has 1 aromatic heterocycles. The van der Waals surface area contributed by atoms with E-state index in [1.165, 1.54) is 6.92 Å². The Morgan fingerprint density at radius 1 is 1.56 bits per heavy atom. The quantitative estimate of drug-likeness (QED) is 0.866. The highest BCUT2D eigenvalue weighted by Gasteiger charge is 2.23. The van der Waals surface area contributed by atoms with Crippen molar-refractivity contribution in [1.29, 1.82) is 0 Å². The summed E-state index contributed by atoms with van der Waals surface area (Å²) in [5, 5.41) is 2.84. The molecule has 5 nitrogen and oxygen atoms in total. The lowest BCUT2D eigenvalue weighted by Gasteiger charge is -2.26. The summed E-state index contributed by atoms with van der Waals surface area (Å²) in [4.78, 5) is 15.6. The summed E-state index contributed by atoms with van der Waals surface area (Å²) in [5.41, 5.74) is 2.08. The normalized spacial score (nSPS) is 18.6. The molecule has 0 saturated heterocycles. The molecule has 1 aromatic carbocycles. The topological polar surface area (TPSA) is 56.1 Å². The standard InChI is InChI=1S/C13H15N3O2/c1-9(17)14-6-10-7-18-8-13-15-11-4-2-3-5-12(11)16(10)13/h2-5,10H,6-8H2,1H3,(H,14,17)/t10-/m0/s1. The Labute approximate surface area is 105 Å². The number of hydrogen-bond acceptors (Lipinski definition) is 3. The molecule has 1 atom stereocenters. The maximum Gasteiger partial charge on any atom is 0.216 e. The number of ether oxygens (including phenoxy) is 1. The Morgan fingerprint density at radius 2 is 2.39 bits per heavy atom. The second-order valence-electron chi connectivity index (χ2n) is 4.49. The number of amides is 1. The predicted octanol–water partition coefficient (Wildman–Crippen LogP) is 1.24. The Morgan fingerprint density at radius 3 is 3.22 bits per heavy atom. The molecule has 2 heterocycles. The van der Waals surface area contributed by atoms with E-state index in [2.05, 4.69) is 20.9 Å². The molecule has 0 spiro atoms. The van der Waals surface area contributed by atoms with Gasteiger partial charge in [0.15, 0.2) is 0 Å². The Bertz CT molecular complexity index is 591. The summed E-state index contributed by atoms with van der Waals surface area (Å²) in [5.74, 6) is 0.907. The van der Waals surface area contributed by atoms with Gasteiger partial charge in [0, 0.05) is 13.5 Å². The molecular formula is C13H15N3O2. The molecule has 1 aliphatic rings. The van der Waals surface area contributed by atoms with Gasteiger partial charge in [-0.2, -0.15) is 0 Å². The van der Waals surface area contributed by atoms with E-state index < -0.39 is 0 Å². The third-order valence-electron chi connectivity index (χ3n) is 3.16. The van der Waals surface area contributed by atoms with Crippen molar-refractivity contribution < 1.29 is 9.53 Å². The van der Waals surface area contributed by atoms with E-state index in [1.807, 2.05) is 18.2 Å². The van der Waals surface area contributed by atoms with E-state index in [4.69, 9.17) is 4.74 Å². The molecule has 0 bridgehead atoms. The Hall–Kier alpha value is -1.88. The van der Waals surface area contributed by atoms with Crippen molar-refractivity contribution in [3.63, 3.8) is 0 Å². The lowest BCUT2D eigenvalue weighted by Crippen LogP contribution is -2.34. The highest BCUT2D eigenvalue weighted by molar-refractivity contribution is 5.76. The number of carbonyl (C=O) groups excluding carboxylic acids is 1. The van der Waals surface area contributed by atoms with Gasteiger partial charge in [0.05, 0.1) is 23.7 Å². The largest absolute Gasteiger partial charge is 0.371 e. The average molecular weight is 245 g/mol. The van der Waals surface area contributed by atoms with Gasteiger partial charge in [-0.05, 0) is 12.1 Å². The first-order chi connectivity index (χ1) is 8.75. The SMILES string of the molecule is CC(=O)NC[C@H]1COCc2nc3ccccc3n21. The van der Waals surface area contributed by atoms with Crippen LogP contribution in [-0.2, 0) is 16.1 Å². The number of rotatable bonds is 2. The highest BCUT2D eigenvalue weighted by Crippen LogP contribution is 2.25. The molecule has 5 heteroatoms. The Kier molecular flexibility index (Phi) is 2.76. The summed E-state index contributed by atoms with van der Waals surface area (Å²) in [7, 11) is 0. The molecule has 0 radical (unpaired) electrons. The lowest BCUT2D eigenvalue weighted by atomic mass is 10.2. The van der Waals surface area contributed by atoms with Gasteiger partial charge in [-0.15, -0.1) is 0 Å². The van der Waals surface area contributed by atoms with Crippen molar-refractivity contribution in [3.05, 3.63) is 30.1 Å². The predicted molar refractivity (Wildman–Crippen MR) is 67.1 cm³/mol. The van der Waals surface area contributed by atoms with Crippen LogP contribution < -0.4 is 5.32 Å². The molecule has 1 aliphatic heterocycles. The fraction of sp³-hybridized carbons (Fsp3) is 0.385.